The third kappa shape index (κ3) is 7.47. The smallest absolute Gasteiger partial charge is 0.410 e. The summed E-state index contributed by atoms with van der Waals surface area (Å²) in [5.74, 6) is 0.896. The molecule has 1 heterocycles. The molecule has 0 N–H and O–H groups in total. The van der Waals surface area contributed by atoms with E-state index < -0.39 is 0 Å². The molecular weight excluding hydrogens is 526 g/mol. The van der Waals surface area contributed by atoms with Crippen molar-refractivity contribution in [1.29, 1.82) is 0 Å². The van der Waals surface area contributed by atoms with Crippen LogP contribution >= 0.6 is 0 Å². The van der Waals surface area contributed by atoms with Crippen molar-refractivity contribution in [3.8, 4) is 0 Å². The number of nitrogens with zero attached hydrogens (tertiary/aromatic N) is 3. The van der Waals surface area contributed by atoms with E-state index in [-0.39, 0.29) is 24.3 Å². The molecule has 0 radical (unpaired) electrons. The minimum Gasteiger partial charge on any atom is -0.453 e. The van der Waals surface area contributed by atoms with Crippen molar-refractivity contribution >= 4 is 12.2 Å². The van der Waals surface area contributed by atoms with E-state index in [9.17, 15) is 9.59 Å². The summed E-state index contributed by atoms with van der Waals surface area (Å²) in [5, 5.41) is 0. The lowest BCUT2D eigenvalue weighted by molar-refractivity contribution is 0.0581. The van der Waals surface area contributed by atoms with E-state index in [1.165, 1.54) is 31.9 Å². The Morgan fingerprint density at radius 3 is 2.12 bits per heavy atom. The number of rotatable bonds is 9. The van der Waals surface area contributed by atoms with Gasteiger partial charge in [0.15, 0.2) is 0 Å². The number of amides is 2. The maximum Gasteiger partial charge on any atom is 0.410 e. The van der Waals surface area contributed by atoms with E-state index in [2.05, 4.69) is 40.1 Å². The van der Waals surface area contributed by atoms with Gasteiger partial charge in [-0.05, 0) is 68.4 Å². The number of likely N-dealkylation sites (tertiary alicyclic amines) is 1. The molecule has 0 aromatic heterocycles. The Morgan fingerprint density at radius 2 is 1.48 bits per heavy atom. The van der Waals surface area contributed by atoms with Gasteiger partial charge in [0.1, 0.15) is 6.61 Å². The normalized spacial score (nSPS) is 23.8. The molecule has 7 heteroatoms. The van der Waals surface area contributed by atoms with E-state index in [0.717, 1.165) is 63.7 Å². The van der Waals surface area contributed by atoms with Crippen molar-refractivity contribution in [3.63, 3.8) is 0 Å². The molecule has 0 spiro atoms. The summed E-state index contributed by atoms with van der Waals surface area (Å²) in [5.41, 5.74) is 2.39. The molecule has 2 aromatic rings. The minimum absolute atomic E-state index is 0.154. The summed E-state index contributed by atoms with van der Waals surface area (Å²) in [6.45, 7) is 5.97. The molecule has 1 aliphatic heterocycles. The highest BCUT2D eigenvalue weighted by Crippen LogP contribution is 2.44. The first-order valence-corrected chi connectivity index (χ1v) is 16.2. The van der Waals surface area contributed by atoms with Gasteiger partial charge >= 0.3 is 12.2 Å². The van der Waals surface area contributed by atoms with Crippen molar-refractivity contribution in [2.24, 2.45) is 5.92 Å². The summed E-state index contributed by atoms with van der Waals surface area (Å²) >= 11 is 0. The Hall–Kier alpha value is -3.06. The van der Waals surface area contributed by atoms with Crippen molar-refractivity contribution in [3.05, 3.63) is 71.8 Å². The average Bonchev–Trinajstić information content (AvgIpc) is 3.45. The van der Waals surface area contributed by atoms with Crippen LogP contribution in [0.25, 0.3) is 0 Å². The molecule has 2 aromatic carbocycles. The van der Waals surface area contributed by atoms with Crippen LogP contribution in [0.2, 0.25) is 0 Å². The molecule has 1 unspecified atom stereocenters. The quantitative estimate of drug-likeness (QED) is 0.320. The Bertz CT molecular complexity index is 1120. The molecule has 2 saturated carbocycles. The maximum atomic E-state index is 13.1. The highest BCUT2D eigenvalue weighted by Gasteiger charge is 2.43. The zero-order chi connectivity index (χ0) is 29.3. The molecule has 3 atom stereocenters. The summed E-state index contributed by atoms with van der Waals surface area (Å²) < 4.78 is 11.0. The van der Waals surface area contributed by atoms with E-state index in [1.54, 1.807) is 0 Å². The standard InChI is InChI=1S/C35H49N3O4/c1-3-37(34(39)42-26-27-13-7-4-8-14-27)30-19-21-36(22-20-30)25-29-23-32(24-33(29)28-15-9-5-10-16-28)38(35(40)41-2)31-17-11-6-12-18-31/h4-5,7-10,13-16,29-33H,3,6,11-12,17-26H2,1-2H3/t29-,32?,33-/m1/s1. The van der Waals surface area contributed by atoms with Crippen molar-refractivity contribution < 1.29 is 19.1 Å². The predicted octanol–water partition coefficient (Wildman–Crippen LogP) is 7.07. The van der Waals surface area contributed by atoms with Crippen LogP contribution in [0, 0.1) is 5.92 Å². The third-order valence-electron chi connectivity index (χ3n) is 9.92. The molecule has 0 bridgehead atoms. The van der Waals surface area contributed by atoms with Crippen LogP contribution in [0.1, 0.15) is 81.8 Å². The molecule has 2 aliphatic carbocycles. The fraction of sp³-hybridized carbons (Fsp3) is 0.600. The van der Waals surface area contributed by atoms with Gasteiger partial charge in [0.25, 0.3) is 0 Å². The molecular formula is C35H49N3O4. The first kappa shape index (κ1) is 30.4. The van der Waals surface area contributed by atoms with Crippen LogP contribution < -0.4 is 0 Å². The molecule has 3 fully saturated rings. The molecule has 3 aliphatic rings. The molecule has 1 saturated heterocycles. The minimum atomic E-state index is -0.215. The fourth-order valence-electron chi connectivity index (χ4n) is 7.78. The molecule has 228 valence electrons. The van der Waals surface area contributed by atoms with Gasteiger partial charge in [-0.3, -0.25) is 0 Å². The van der Waals surface area contributed by atoms with Crippen LogP contribution in [-0.2, 0) is 16.1 Å². The van der Waals surface area contributed by atoms with E-state index in [4.69, 9.17) is 9.47 Å². The lowest BCUT2D eigenvalue weighted by atomic mass is 9.88. The Kier molecular flexibility index (Phi) is 10.8. The number of methoxy groups -OCH3 is 1. The Labute approximate surface area is 252 Å². The number of carbonyl (C=O) groups is 2. The summed E-state index contributed by atoms with van der Waals surface area (Å²) in [4.78, 5) is 32.7. The number of ether oxygens (including phenoxy) is 2. The zero-order valence-corrected chi connectivity index (χ0v) is 25.5. The first-order chi connectivity index (χ1) is 20.6. The van der Waals surface area contributed by atoms with E-state index in [1.807, 2.05) is 42.2 Å². The van der Waals surface area contributed by atoms with Crippen LogP contribution in [0.4, 0.5) is 9.59 Å². The molecule has 7 nitrogen and oxygen atoms in total. The van der Waals surface area contributed by atoms with Gasteiger partial charge in [-0.15, -0.1) is 0 Å². The predicted molar refractivity (Wildman–Crippen MR) is 165 cm³/mol. The van der Waals surface area contributed by atoms with E-state index in [0.29, 0.717) is 31.0 Å². The number of piperidine rings is 1. The highest BCUT2D eigenvalue weighted by atomic mass is 16.6. The van der Waals surface area contributed by atoms with Crippen molar-refractivity contribution in [2.45, 2.75) is 95.4 Å². The number of hydrogen-bond acceptors (Lipinski definition) is 5. The van der Waals surface area contributed by atoms with Gasteiger partial charge < -0.3 is 24.2 Å². The summed E-state index contributed by atoms with van der Waals surface area (Å²) in [7, 11) is 1.53. The van der Waals surface area contributed by atoms with Gasteiger partial charge in [-0.25, -0.2) is 9.59 Å². The van der Waals surface area contributed by atoms with Gasteiger partial charge in [-0.1, -0.05) is 79.9 Å². The second-order valence-corrected chi connectivity index (χ2v) is 12.4. The zero-order valence-electron chi connectivity index (χ0n) is 25.5. The number of hydrogen-bond donors (Lipinski definition) is 0. The number of carbonyl (C=O) groups excluding carboxylic acids is 2. The highest BCUT2D eigenvalue weighted by molar-refractivity contribution is 5.68. The Balaban J connectivity index is 1.21. The second kappa shape index (κ2) is 14.9. The summed E-state index contributed by atoms with van der Waals surface area (Å²) in [6, 6.07) is 21.5. The SMILES string of the molecule is CCN(C(=O)OCc1ccccc1)C1CCN(C[C@H]2CC(N(C(=O)OC)C3CCCCC3)C[C@@H]2c2ccccc2)CC1. The van der Waals surface area contributed by atoms with Gasteiger partial charge in [0.05, 0.1) is 7.11 Å². The van der Waals surface area contributed by atoms with Crippen molar-refractivity contribution in [2.75, 3.05) is 33.3 Å². The van der Waals surface area contributed by atoms with Crippen LogP contribution in [0.5, 0.6) is 0 Å². The number of benzene rings is 2. The largest absolute Gasteiger partial charge is 0.453 e. The molecule has 2 amide bonds. The average molecular weight is 576 g/mol. The third-order valence-corrected chi connectivity index (χ3v) is 9.92. The topological polar surface area (TPSA) is 62.3 Å². The molecule has 42 heavy (non-hydrogen) atoms. The lowest BCUT2D eigenvalue weighted by Crippen LogP contribution is -2.48. The van der Waals surface area contributed by atoms with Crippen molar-refractivity contribution in [1.82, 2.24) is 14.7 Å². The first-order valence-electron chi connectivity index (χ1n) is 16.2. The second-order valence-electron chi connectivity index (χ2n) is 12.4. The molecule has 5 rings (SSSR count). The van der Waals surface area contributed by atoms with Gasteiger partial charge in [-0.2, -0.15) is 0 Å². The monoisotopic (exact) mass is 575 g/mol. The Morgan fingerprint density at radius 1 is 0.810 bits per heavy atom. The van der Waals surface area contributed by atoms with Gasteiger partial charge in [0.2, 0.25) is 0 Å². The fourth-order valence-corrected chi connectivity index (χ4v) is 7.78. The summed E-state index contributed by atoms with van der Waals surface area (Å²) in [6.07, 6.45) is 9.37. The maximum absolute atomic E-state index is 13.1. The van der Waals surface area contributed by atoms with E-state index >= 15 is 0 Å². The van der Waals surface area contributed by atoms with Crippen LogP contribution in [-0.4, -0.2) is 78.3 Å². The van der Waals surface area contributed by atoms with Crippen LogP contribution in [0.15, 0.2) is 60.7 Å². The lowest BCUT2D eigenvalue weighted by Gasteiger charge is -2.39. The van der Waals surface area contributed by atoms with Gasteiger partial charge in [0, 0.05) is 44.3 Å². The van der Waals surface area contributed by atoms with Crippen LogP contribution in [0.3, 0.4) is 0 Å².